The molecule has 0 radical (unpaired) electrons. The van der Waals surface area contributed by atoms with E-state index < -0.39 is 10.0 Å². The highest BCUT2D eigenvalue weighted by Gasteiger charge is 2.22. The lowest BCUT2D eigenvalue weighted by molar-refractivity contribution is -0.0155. The van der Waals surface area contributed by atoms with E-state index in [-0.39, 0.29) is 6.54 Å². The second-order valence-corrected chi connectivity index (χ2v) is 7.58. The predicted molar refractivity (Wildman–Crippen MR) is 80.3 cm³/mol. The van der Waals surface area contributed by atoms with Crippen LogP contribution in [0.2, 0.25) is 0 Å². The molecule has 2 rings (SSSR count). The van der Waals surface area contributed by atoms with Gasteiger partial charge in [-0.1, -0.05) is 6.92 Å². The summed E-state index contributed by atoms with van der Waals surface area (Å²) < 4.78 is 35.3. The maximum absolute atomic E-state index is 11.4. The molecule has 6 nitrogen and oxygen atoms in total. The van der Waals surface area contributed by atoms with Crippen molar-refractivity contribution in [3.8, 4) is 0 Å². The first kappa shape index (κ1) is 16.5. The molecule has 1 saturated heterocycles. The summed E-state index contributed by atoms with van der Waals surface area (Å²) in [5.41, 5.74) is 0. The van der Waals surface area contributed by atoms with Gasteiger partial charge in [-0.2, -0.15) is 4.31 Å². The van der Waals surface area contributed by atoms with Crippen LogP contribution in [0.1, 0.15) is 24.9 Å². The molecule has 7 heteroatoms. The molecular weight excluding hydrogens is 292 g/mol. The van der Waals surface area contributed by atoms with Crippen molar-refractivity contribution in [1.82, 2.24) is 9.21 Å². The number of hydrogen-bond donors (Lipinski definition) is 0. The Labute approximate surface area is 126 Å². The summed E-state index contributed by atoms with van der Waals surface area (Å²) in [6.07, 6.45) is 2.24. The molecule has 0 aliphatic carbocycles. The summed E-state index contributed by atoms with van der Waals surface area (Å²) in [6, 6.07) is 4.19. The van der Waals surface area contributed by atoms with Gasteiger partial charge in [-0.25, -0.2) is 8.42 Å². The smallest absolute Gasteiger partial charge is 0.211 e. The van der Waals surface area contributed by atoms with Crippen molar-refractivity contribution in [3.63, 3.8) is 0 Å². The van der Waals surface area contributed by atoms with Crippen molar-refractivity contribution in [1.29, 1.82) is 0 Å². The van der Waals surface area contributed by atoms with Crippen LogP contribution in [0.25, 0.3) is 0 Å². The van der Waals surface area contributed by atoms with Crippen LogP contribution < -0.4 is 0 Å². The molecule has 1 atom stereocenters. The minimum Gasteiger partial charge on any atom is -0.463 e. The van der Waals surface area contributed by atoms with E-state index in [4.69, 9.17) is 9.15 Å². The molecule has 1 aliphatic rings. The van der Waals surface area contributed by atoms with E-state index in [1.54, 1.807) is 7.05 Å². The highest BCUT2D eigenvalue weighted by molar-refractivity contribution is 7.88. The molecule has 21 heavy (non-hydrogen) atoms. The number of furan rings is 1. The van der Waals surface area contributed by atoms with E-state index >= 15 is 0 Å². The largest absolute Gasteiger partial charge is 0.463 e. The van der Waals surface area contributed by atoms with Gasteiger partial charge < -0.3 is 9.15 Å². The molecule has 0 amide bonds. The monoisotopic (exact) mass is 316 g/mol. The molecule has 0 N–H and O–H groups in total. The minimum absolute atomic E-state index is 0.263. The Hall–Kier alpha value is -0.890. The maximum Gasteiger partial charge on any atom is 0.211 e. The van der Waals surface area contributed by atoms with Crippen molar-refractivity contribution in [2.24, 2.45) is 0 Å². The number of ether oxygens (including phenoxy) is 1. The van der Waals surface area contributed by atoms with Crippen molar-refractivity contribution in [2.75, 3.05) is 33.1 Å². The second kappa shape index (κ2) is 6.91. The van der Waals surface area contributed by atoms with Gasteiger partial charge in [0.05, 0.1) is 32.6 Å². The van der Waals surface area contributed by atoms with E-state index in [2.05, 4.69) is 11.8 Å². The molecule has 2 heterocycles. The third-order valence-electron chi connectivity index (χ3n) is 3.84. The van der Waals surface area contributed by atoms with E-state index in [0.717, 1.165) is 38.5 Å². The normalized spacial score (nSPS) is 21.0. The quantitative estimate of drug-likeness (QED) is 0.791. The summed E-state index contributed by atoms with van der Waals surface area (Å²) >= 11 is 0. The fourth-order valence-electron chi connectivity index (χ4n) is 2.40. The predicted octanol–water partition coefficient (Wildman–Crippen LogP) is 1.28. The lowest BCUT2D eigenvalue weighted by atomic mass is 10.1. The van der Waals surface area contributed by atoms with Crippen LogP contribution >= 0.6 is 0 Å². The third kappa shape index (κ3) is 4.54. The zero-order valence-corrected chi connectivity index (χ0v) is 13.7. The SMILES string of the molecule is CC[C@H]1COCCN1Cc1ccc(CN(C)S(C)(=O)=O)o1. The first-order valence-electron chi connectivity index (χ1n) is 7.21. The van der Waals surface area contributed by atoms with E-state index in [9.17, 15) is 8.42 Å². The fraction of sp³-hybridized carbons (Fsp3) is 0.714. The van der Waals surface area contributed by atoms with E-state index in [1.807, 2.05) is 12.1 Å². The Balaban J connectivity index is 1.96. The summed E-state index contributed by atoms with van der Waals surface area (Å²) in [6.45, 7) is 5.57. The van der Waals surface area contributed by atoms with Crippen molar-refractivity contribution in [3.05, 3.63) is 23.7 Å². The van der Waals surface area contributed by atoms with Gasteiger partial charge in [-0.3, -0.25) is 4.90 Å². The third-order valence-corrected chi connectivity index (χ3v) is 5.10. The van der Waals surface area contributed by atoms with Crippen LogP contribution in [0.3, 0.4) is 0 Å². The number of morpholine rings is 1. The van der Waals surface area contributed by atoms with Crippen LogP contribution in [0.4, 0.5) is 0 Å². The number of hydrogen-bond acceptors (Lipinski definition) is 5. The molecule has 120 valence electrons. The topological polar surface area (TPSA) is 63.0 Å². The minimum atomic E-state index is -3.19. The Morgan fingerprint density at radius 3 is 2.76 bits per heavy atom. The first-order valence-corrected chi connectivity index (χ1v) is 9.05. The Bertz CT molecular complexity index is 555. The highest BCUT2D eigenvalue weighted by Crippen LogP contribution is 2.17. The lowest BCUT2D eigenvalue weighted by Gasteiger charge is -2.34. The number of sulfonamides is 1. The average Bonchev–Trinajstić information content (AvgIpc) is 2.85. The van der Waals surface area contributed by atoms with Gasteiger partial charge >= 0.3 is 0 Å². The van der Waals surface area contributed by atoms with Crippen molar-refractivity contribution >= 4 is 10.0 Å². The first-order chi connectivity index (χ1) is 9.90. The van der Waals surface area contributed by atoms with Gasteiger partial charge in [0.15, 0.2) is 0 Å². The molecule has 1 aromatic rings. The fourth-order valence-corrected chi connectivity index (χ4v) is 2.76. The zero-order chi connectivity index (χ0) is 15.5. The van der Waals surface area contributed by atoms with Gasteiger partial charge in [0.2, 0.25) is 10.0 Å². The van der Waals surface area contributed by atoms with Crippen LogP contribution in [0.15, 0.2) is 16.5 Å². The Kier molecular flexibility index (Phi) is 5.43. The molecular formula is C14H24N2O4S. The molecule has 1 aliphatic heterocycles. The molecule has 0 saturated carbocycles. The standard InChI is InChI=1S/C14H24N2O4S/c1-4-12-11-19-8-7-16(12)10-14-6-5-13(20-14)9-15(2)21(3,17)18/h5-6,12H,4,7-11H2,1-3H3/t12-/m0/s1. The second-order valence-electron chi connectivity index (χ2n) is 5.49. The Morgan fingerprint density at radius 2 is 2.10 bits per heavy atom. The van der Waals surface area contributed by atoms with E-state index in [1.165, 1.54) is 10.6 Å². The molecule has 0 bridgehead atoms. The van der Waals surface area contributed by atoms with Crippen molar-refractivity contribution < 1.29 is 17.6 Å². The summed E-state index contributed by atoms with van der Waals surface area (Å²) in [7, 11) is -1.64. The van der Waals surface area contributed by atoms with Crippen molar-refractivity contribution in [2.45, 2.75) is 32.5 Å². The van der Waals surface area contributed by atoms with Gasteiger partial charge in [0.25, 0.3) is 0 Å². The average molecular weight is 316 g/mol. The van der Waals surface area contributed by atoms with E-state index in [0.29, 0.717) is 11.8 Å². The van der Waals surface area contributed by atoms with Crippen LogP contribution in [-0.2, 0) is 27.8 Å². The van der Waals surface area contributed by atoms with Crippen LogP contribution in [-0.4, -0.2) is 56.7 Å². The van der Waals surface area contributed by atoms with Crippen LogP contribution in [0, 0.1) is 0 Å². The Morgan fingerprint density at radius 1 is 1.38 bits per heavy atom. The van der Waals surface area contributed by atoms with Gasteiger partial charge in [-0.15, -0.1) is 0 Å². The van der Waals surface area contributed by atoms with Gasteiger partial charge in [0, 0.05) is 19.6 Å². The number of nitrogens with zero attached hydrogens (tertiary/aromatic N) is 2. The maximum atomic E-state index is 11.4. The van der Waals surface area contributed by atoms with Crippen LogP contribution in [0.5, 0.6) is 0 Å². The lowest BCUT2D eigenvalue weighted by Crippen LogP contribution is -2.44. The molecule has 1 aromatic heterocycles. The van der Waals surface area contributed by atoms with Gasteiger partial charge in [0.1, 0.15) is 11.5 Å². The molecule has 0 aromatic carbocycles. The molecule has 1 fully saturated rings. The highest BCUT2D eigenvalue weighted by atomic mass is 32.2. The zero-order valence-electron chi connectivity index (χ0n) is 12.9. The molecule has 0 unspecified atom stereocenters. The summed E-state index contributed by atoms with van der Waals surface area (Å²) in [5.74, 6) is 1.53. The summed E-state index contributed by atoms with van der Waals surface area (Å²) in [5, 5.41) is 0. The molecule has 0 spiro atoms. The van der Waals surface area contributed by atoms with Gasteiger partial charge in [-0.05, 0) is 18.6 Å². The summed E-state index contributed by atoms with van der Waals surface area (Å²) in [4.78, 5) is 2.35. The number of rotatable bonds is 6.